The van der Waals surface area contributed by atoms with E-state index in [0.29, 0.717) is 6.42 Å². The molecular formula is C33H58O15. The summed E-state index contributed by atoms with van der Waals surface area (Å²) in [7, 11) is 0. The minimum atomic E-state index is -1.76. The molecule has 0 amide bonds. The Hall–Kier alpha value is -1.76. The van der Waals surface area contributed by atoms with Gasteiger partial charge in [0.25, 0.3) is 0 Å². The van der Waals surface area contributed by atoms with Crippen molar-refractivity contribution < 1.29 is 73.8 Å². The Morgan fingerprint density at radius 2 is 1.23 bits per heavy atom. The molecule has 0 saturated carbocycles. The van der Waals surface area contributed by atoms with Crippen LogP contribution < -0.4 is 0 Å². The second-order valence-corrected chi connectivity index (χ2v) is 12.4. The van der Waals surface area contributed by atoms with E-state index in [4.69, 9.17) is 28.4 Å². The molecule has 0 aromatic rings. The number of unbranched alkanes of at least 4 members (excludes halogenated alkanes) is 9. The molecule has 15 heteroatoms. The van der Waals surface area contributed by atoms with Crippen molar-refractivity contribution in [3.8, 4) is 0 Å². The third-order valence-corrected chi connectivity index (χ3v) is 8.30. The van der Waals surface area contributed by atoms with Gasteiger partial charge < -0.3 is 64.2 Å². The first kappa shape index (κ1) is 42.4. The van der Waals surface area contributed by atoms with Gasteiger partial charge in [0.15, 0.2) is 18.7 Å². The third-order valence-electron chi connectivity index (χ3n) is 8.30. The molecule has 48 heavy (non-hydrogen) atoms. The highest BCUT2D eigenvalue weighted by molar-refractivity contribution is 5.69. The van der Waals surface area contributed by atoms with E-state index in [9.17, 15) is 45.3 Å². The van der Waals surface area contributed by atoms with Crippen LogP contribution >= 0.6 is 0 Å². The van der Waals surface area contributed by atoms with Crippen LogP contribution in [0.3, 0.4) is 0 Å². The van der Waals surface area contributed by atoms with Gasteiger partial charge in [0.1, 0.15) is 55.4 Å². The number of ether oxygens (including phenoxy) is 6. The Bertz CT molecular complexity index is 917. The Morgan fingerprint density at radius 3 is 1.83 bits per heavy atom. The highest BCUT2D eigenvalue weighted by Crippen LogP contribution is 2.26. The number of hydrogen-bond acceptors (Lipinski definition) is 15. The molecule has 0 aliphatic carbocycles. The van der Waals surface area contributed by atoms with Gasteiger partial charge in [-0.15, -0.1) is 0 Å². The van der Waals surface area contributed by atoms with Crippen molar-refractivity contribution in [1.82, 2.24) is 0 Å². The van der Waals surface area contributed by atoms with Gasteiger partial charge in [-0.2, -0.15) is 0 Å². The summed E-state index contributed by atoms with van der Waals surface area (Å²) in [6.45, 7) is 1.46. The number of rotatable bonds is 23. The van der Waals surface area contributed by atoms with Crippen molar-refractivity contribution in [3.05, 3.63) is 12.2 Å². The molecule has 2 saturated heterocycles. The maximum atomic E-state index is 12.5. The summed E-state index contributed by atoms with van der Waals surface area (Å²) in [5.74, 6) is -1.13. The van der Waals surface area contributed by atoms with Crippen molar-refractivity contribution in [3.63, 3.8) is 0 Å². The number of aliphatic hydroxyl groups excluding tert-OH is 7. The molecule has 2 rings (SSSR count). The van der Waals surface area contributed by atoms with E-state index in [-0.39, 0.29) is 13.0 Å². The molecular weight excluding hydrogens is 636 g/mol. The fourth-order valence-corrected chi connectivity index (χ4v) is 5.35. The highest BCUT2D eigenvalue weighted by atomic mass is 16.7. The SMILES string of the molecule is CCCCCC/C=C\CCCCCCCC(=O)OC(COC(C)=O)COC1OC(COC2OC(CO)C(O)C(O)C2O)C(O)C(O)C1O. The zero-order valence-electron chi connectivity index (χ0n) is 28.2. The maximum Gasteiger partial charge on any atom is 0.306 e. The maximum absolute atomic E-state index is 12.5. The number of allylic oxidation sites excluding steroid dienone is 2. The summed E-state index contributed by atoms with van der Waals surface area (Å²) in [5, 5.41) is 70.8. The molecule has 2 aliphatic rings. The topological polar surface area (TPSA) is 231 Å². The second kappa shape index (κ2) is 23.6. The van der Waals surface area contributed by atoms with Gasteiger partial charge in [0.2, 0.25) is 0 Å². The van der Waals surface area contributed by atoms with E-state index in [0.717, 1.165) is 38.5 Å². The first-order valence-electron chi connectivity index (χ1n) is 17.2. The lowest BCUT2D eigenvalue weighted by Gasteiger charge is -2.42. The van der Waals surface area contributed by atoms with Gasteiger partial charge in [0, 0.05) is 13.3 Å². The quantitative estimate of drug-likeness (QED) is 0.0435. The fraction of sp³-hybridized carbons (Fsp3) is 0.879. The van der Waals surface area contributed by atoms with Gasteiger partial charge >= 0.3 is 11.9 Å². The molecule has 2 fully saturated rings. The molecule has 2 heterocycles. The number of carbonyl (C=O) groups is 2. The van der Waals surface area contributed by atoms with Gasteiger partial charge in [-0.25, -0.2) is 0 Å². The molecule has 0 spiro atoms. The van der Waals surface area contributed by atoms with Gasteiger partial charge in [0.05, 0.1) is 19.8 Å². The summed E-state index contributed by atoms with van der Waals surface area (Å²) in [6.07, 6.45) is -0.319. The summed E-state index contributed by atoms with van der Waals surface area (Å²) in [4.78, 5) is 23.9. The molecule has 0 radical (unpaired) electrons. The van der Waals surface area contributed by atoms with Crippen LogP contribution in [0, 0.1) is 0 Å². The molecule has 7 N–H and O–H groups in total. The minimum absolute atomic E-state index is 0.152. The number of esters is 2. The van der Waals surface area contributed by atoms with Crippen molar-refractivity contribution in [1.29, 1.82) is 0 Å². The minimum Gasteiger partial charge on any atom is -0.462 e. The highest BCUT2D eigenvalue weighted by Gasteiger charge is 2.47. The first-order chi connectivity index (χ1) is 23.0. The molecule has 11 atom stereocenters. The van der Waals surface area contributed by atoms with Crippen LogP contribution in [0.4, 0.5) is 0 Å². The van der Waals surface area contributed by atoms with Crippen molar-refractivity contribution in [2.45, 2.75) is 158 Å². The van der Waals surface area contributed by atoms with E-state index in [1.54, 1.807) is 0 Å². The van der Waals surface area contributed by atoms with Crippen LogP contribution in [0.15, 0.2) is 12.2 Å². The number of hydrogen-bond donors (Lipinski definition) is 7. The lowest BCUT2D eigenvalue weighted by Crippen LogP contribution is -2.61. The van der Waals surface area contributed by atoms with E-state index >= 15 is 0 Å². The monoisotopic (exact) mass is 694 g/mol. The third kappa shape index (κ3) is 15.0. The van der Waals surface area contributed by atoms with Crippen LogP contribution in [-0.4, -0.2) is 142 Å². The average Bonchev–Trinajstić information content (AvgIpc) is 3.06. The smallest absolute Gasteiger partial charge is 0.306 e. The summed E-state index contributed by atoms with van der Waals surface area (Å²) < 4.78 is 32.3. The molecule has 2 aliphatic heterocycles. The van der Waals surface area contributed by atoms with Crippen LogP contribution in [-0.2, 0) is 38.0 Å². The molecule has 11 unspecified atom stereocenters. The largest absolute Gasteiger partial charge is 0.462 e. The predicted molar refractivity (Wildman–Crippen MR) is 169 cm³/mol. The molecule has 0 bridgehead atoms. The summed E-state index contributed by atoms with van der Waals surface area (Å²) >= 11 is 0. The molecule has 15 nitrogen and oxygen atoms in total. The normalized spacial score (nSPS) is 31.5. The lowest BCUT2D eigenvalue weighted by atomic mass is 9.98. The van der Waals surface area contributed by atoms with E-state index in [1.807, 2.05) is 0 Å². The Morgan fingerprint density at radius 1 is 0.688 bits per heavy atom. The van der Waals surface area contributed by atoms with Crippen LogP contribution in [0.5, 0.6) is 0 Å². The predicted octanol–water partition coefficient (Wildman–Crippen LogP) is 0.359. The zero-order chi connectivity index (χ0) is 35.5. The second-order valence-electron chi connectivity index (χ2n) is 12.4. The van der Waals surface area contributed by atoms with E-state index in [1.165, 1.54) is 32.6 Å². The average molecular weight is 695 g/mol. The number of carbonyl (C=O) groups excluding carboxylic acids is 2. The zero-order valence-corrected chi connectivity index (χ0v) is 28.2. The fourth-order valence-electron chi connectivity index (χ4n) is 5.35. The van der Waals surface area contributed by atoms with Gasteiger partial charge in [-0.05, 0) is 32.1 Å². The molecule has 0 aromatic carbocycles. The van der Waals surface area contributed by atoms with E-state index < -0.39 is 99.3 Å². The van der Waals surface area contributed by atoms with Crippen LogP contribution in [0.1, 0.15) is 90.9 Å². The van der Waals surface area contributed by atoms with Gasteiger partial charge in [-0.1, -0.05) is 57.6 Å². The summed E-state index contributed by atoms with van der Waals surface area (Å²) in [6, 6.07) is 0. The first-order valence-corrected chi connectivity index (χ1v) is 17.2. The Labute approximate surface area is 282 Å². The lowest BCUT2D eigenvalue weighted by molar-refractivity contribution is -0.332. The Balaban J connectivity index is 1.78. The standard InChI is InChI=1S/C33H58O15/c1-3-4-5-6-7-8-9-10-11-12-13-14-15-16-25(36)46-22(18-43-21(2)35)19-44-32-31(42)29(40)27(38)24(48-32)20-45-33-30(41)28(39)26(37)23(17-34)47-33/h8-9,22-24,26-34,37-42H,3-7,10-20H2,1-2H3/b9-8-. The number of aliphatic hydroxyl groups is 7. The van der Waals surface area contributed by atoms with Crippen molar-refractivity contribution >= 4 is 11.9 Å². The molecule has 280 valence electrons. The van der Waals surface area contributed by atoms with Crippen LogP contribution in [0.25, 0.3) is 0 Å². The van der Waals surface area contributed by atoms with Crippen molar-refractivity contribution in [2.75, 3.05) is 26.4 Å². The van der Waals surface area contributed by atoms with E-state index in [2.05, 4.69) is 19.1 Å². The van der Waals surface area contributed by atoms with Crippen LogP contribution in [0.2, 0.25) is 0 Å². The Kier molecular flexibility index (Phi) is 20.9. The van der Waals surface area contributed by atoms with Gasteiger partial charge in [-0.3, -0.25) is 9.59 Å². The van der Waals surface area contributed by atoms with Crippen molar-refractivity contribution in [2.24, 2.45) is 0 Å². The summed E-state index contributed by atoms with van der Waals surface area (Å²) in [5.41, 5.74) is 0. The molecule has 0 aromatic heterocycles.